The van der Waals surface area contributed by atoms with Crippen molar-refractivity contribution in [1.29, 1.82) is 0 Å². The van der Waals surface area contributed by atoms with E-state index in [4.69, 9.17) is 4.74 Å². The molecule has 0 radical (unpaired) electrons. The van der Waals surface area contributed by atoms with Crippen molar-refractivity contribution >= 4 is 11.6 Å². The van der Waals surface area contributed by atoms with Crippen LogP contribution in [0.15, 0.2) is 36.4 Å². The number of aryl methyl sites for hydroxylation is 3. The Balaban J connectivity index is 1.94. The smallest absolute Gasteiger partial charge is 0.262 e. The highest BCUT2D eigenvalue weighted by molar-refractivity contribution is 5.92. The summed E-state index contributed by atoms with van der Waals surface area (Å²) in [5, 5.41) is 2.86. The number of carbonyl (C=O) groups is 1. The lowest BCUT2D eigenvalue weighted by Gasteiger charge is -2.13. The molecule has 0 aliphatic rings. The highest BCUT2D eigenvalue weighted by Gasteiger charge is 2.07. The monoisotopic (exact) mass is 311 g/mol. The summed E-state index contributed by atoms with van der Waals surface area (Å²) in [5.41, 5.74) is 5.65. The SMILES string of the molecule is Cc1ccc(NC(=O)COc2ccc(C(C)C)c(C)c2)cc1C. The summed E-state index contributed by atoms with van der Waals surface area (Å²) in [6.45, 7) is 10.5. The standard InChI is InChI=1S/C20H25NO2/c1-13(2)19-9-8-18(11-16(19)5)23-12-20(22)21-17-7-6-14(3)15(4)10-17/h6-11,13H,12H2,1-5H3,(H,21,22). The number of rotatable bonds is 5. The molecule has 122 valence electrons. The van der Waals surface area contributed by atoms with Crippen LogP contribution in [0.2, 0.25) is 0 Å². The summed E-state index contributed by atoms with van der Waals surface area (Å²) in [7, 11) is 0. The molecule has 2 aromatic rings. The van der Waals surface area contributed by atoms with E-state index in [1.165, 1.54) is 16.7 Å². The van der Waals surface area contributed by atoms with Crippen molar-refractivity contribution in [3.63, 3.8) is 0 Å². The first kappa shape index (κ1) is 17.1. The van der Waals surface area contributed by atoms with E-state index in [-0.39, 0.29) is 12.5 Å². The molecule has 1 N–H and O–H groups in total. The second-order valence-electron chi connectivity index (χ2n) is 6.31. The van der Waals surface area contributed by atoms with Crippen LogP contribution < -0.4 is 10.1 Å². The van der Waals surface area contributed by atoms with Gasteiger partial charge in [-0.15, -0.1) is 0 Å². The van der Waals surface area contributed by atoms with Crippen LogP contribution in [0.5, 0.6) is 5.75 Å². The molecule has 0 bridgehead atoms. The van der Waals surface area contributed by atoms with Gasteiger partial charge in [0.25, 0.3) is 5.91 Å². The summed E-state index contributed by atoms with van der Waals surface area (Å²) in [5.74, 6) is 1.05. The van der Waals surface area contributed by atoms with Crippen molar-refractivity contribution in [1.82, 2.24) is 0 Å². The molecule has 3 nitrogen and oxygen atoms in total. The van der Waals surface area contributed by atoms with E-state index in [2.05, 4.69) is 32.2 Å². The number of hydrogen-bond donors (Lipinski definition) is 1. The van der Waals surface area contributed by atoms with Gasteiger partial charge >= 0.3 is 0 Å². The molecule has 0 aliphatic heterocycles. The molecule has 0 heterocycles. The van der Waals surface area contributed by atoms with Crippen LogP contribution in [0, 0.1) is 20.8 Å². The number of hydrogen-bond acceptors (Lipinski definition) is 2. The minimum Gasteiger partial charge on any atom is -0.484 e. The summed E-state index contributed by atoms with van der Waals surface area (Å²) >= 11 is 0. The molecule has 2 rings (SSSR count). The van der Waals surface area contributed by atoms with E-state index in [0.717, 1.165) is 17.0 Å². The second kappa shape index (κ2) is 7.32. The zero-order valence-electron chi connectivity index (χ0n) is 14.6. The van der Waals surface area contributed by atoms with E-state index >= 15 is 0 Å². The Hall–Kier alpha value is -2.29. The fraction of sp³-hybridized carbons (Fsp3) is 0.350. The van der Waals surface area contributed by atoms with Crippen LogP contribution in [0.1, 0.15) is 42.0 Å². The molecule has 0 spiro atoms. The maximum Gasteiger partial charge on any atom is 0.262 e. The van der Waals surface area contributed by atoms with Crippen molar-refractivity contribution in [2.45, 2.75) is 40.5 Å². The molecule has 2 aromatic carbocycles. The van der Waals surface area contributed by atoms with Gasteiger partial charge in [-0.3, -0.25) is 4.79 Å². The average Bonchev–Trinajstić information content (AvgIpc) is 2.48. The van der Waals surface area contributed by atoms with Crippen LogP contribution in [-0.4, -0.2) is 12.5 Å². The van der Waals surface area contributed by atoms with Crippen molar-refractivity contribution in [3.8, 4) is 5.75 Å². The first-order valence-corrected chi connectivity index (χ1v) is 7.97. The molecular weight excluding hydrogens is 286 g/mol. The fourth-order valence-corrected chi connectivity index (χ4v) is 2.55. The van der Waals surface area contributed by atoms with Gasteiger partial charge in [0.2, 0.25) is 0 Å². The van der Waals surface area contributed by atoms with Crippen LogP contribution in [0.3, 0.4) is 0 Å². The Labute approximate surface area is 138 Å². The third-order valence-electron chi connectivity index (χ3n) is 4.02. The Bertz CT molecular complexity index is 705. The molecule has 0 unspecified atom stereocenters. The van der Waals surface area contributed by atoms with Crippen LogP contribution in [0.4, 0.5) is 5.69 Å². The predicted molar refractivity (Wildman–Crippen MR) is 95.3 cm³/mol. The van der Waals surface area contributed by atoms with E-state index in [1.54, 1.807) is 0 Å². The van der Waals surface area contributed by atoms with Crippen LogP contribution in [0.25, 0.3) is 0 Å². The number of benzene rings is 2. The number of nitrogens with one attached hydrogen (secondary N) is 1. The number of ether oxygens (including phenoxy) is 1. The molecule has 1 amide bonds. The van der Waals surface area contributed by atoms with Gasteiger partial charge in [-0.2, -0.15) is 0 Å². The Morgan fingerprint density at radius 2 is 1.74 bits per heavy atom. The third kappa shape index (κ3) is 4.59. The Morgan fingerprint density at radius 3 is 2.35 bits per heavy atom. The van der Waals surface area contributed by atoms with Gasteiger partial charge in [0, 0.05) is 5.69 Å². The van der Waals surface area contributed by atoms with Gasteiger partial charge < -0.3 is 10.1 Å². The predicted octanol–water partition coefficient (Wildman–Crippen LogP) is 4.75. The van der Waals surface area contributed by atoms with Gasteiger partial charge in [-0.25, -0.2) is 0 Å². The molecule has 0 atom stereocenters. The first-order valence-electron chi connectivity index (χ1n) is 7.97. The van der Waals surface area contributed by atoms with E-state index < -0.39 is 0 Å². The lowest BCUT2D eigenvalue weighted by atomic mass is 9.98. The lowest BCUT2D eigenvalue weighted by Crippen LogP contribution is -2.20. The summed E-state index contributed by atoms with van der Waals surface area (Å²) in [6, 6.07) is 11.8. The minimum atomic E-state index is -0.154. The third-order valence-corrected chi connectivity index (χ3v) is 4.02. The summed E-state index contributed by atoms with van der Waals surface area (Å²) in [4.78, 5) is 12.0. The topological polar surface area (TPSA) is 38.3 Å². The van der Waals surface area contributed by atoms with Gasteiger partial charge in [-0.1, -0.05) is 26.0 Å². The number of carbonyl (C=O) groups excluding carboxylic acids is 1. The van der Waals surface area contributed by atoms with Crippen molar-refractivity contribution in [3.05, 3.63) is 58.7 Å². The van der Waals surface area contributed by atoms with Gasteiger partial charge in [-0.05, 0) is 73.2 Å². The first-order chi connectivity index (χ1) is 10.9. The molecule has 0 aromatic heterocycles. The minimum absolute atomic E-state index is 0.00733. The summed E-state index contributed by atoms with van der Waals surface area (Å²) in [6.07, 6.45) is 0. The Morgan fingerprint density at radius 1 is 1.00 bits per heavy atom. The van der Waals surface area contributed by atoms with E-state index in [1.807, 2.05) is 44.2 Å². The van der Waals surface area contributed by atoms with Gasteiger partial charge in [0.05, 0.1) is 0 Å². The number of amides is 1. The van der Waals surface area contributed by atoms with Crippen molar-refractivity contribution in [2.24, 2.45) is 0 Å². The highest BCUT2D eigenvalue weighted by Crippen LogP contribution is 2.23. The van der Waals surface area contributed by atoms with Gasteiger partial charge in [0.15, 0.2) is 6.61 Å². The maximum absolute atomic E-state index is 12.0. The maximum atomic E-state index is 12.0. The fourth-order valence-electron chi connectivity index (χ4n) is 2.55. The second-order valence-corrected chi connectivity index (χ2v) is 6.31. The zero-order chi connectivity index (χ0) is 17.0. The Kier molecular flexibility index (Phi) is 5.43. The lowest BCUT2D eigenvalue weighted by molar-refractivity contribution is -0.118. The van der Waals surface area contributed by atoms with Gasteiger partial charge in [0.1, 0.15) is 5.75 Å². The molecule has 3 heteroatoms. The van der Waals surface area contributed by atoms with Crippen molar-refractivity contribution < 1.29 is 9.53 Å². The molecule has 23 heavy (non-hydrogen) atoms. The van der Waals surface area contributed by atoms with Crippen LogP contribution >= 0.6 is 0 Å². The van der Waals surface area contributed by atoms with E-state index in [0.29, 0.717) is 5.92 Å². The van der Waals surface area contributed by atoms with Crippen molar-refractivity contribution in [2.75, 3.05) is 11.9 Å². The summed E-state index contributed by atoms with van der Waals surface area (Å²) < 4.78 is 5.60. The van der Waals surface area contributed by atoms with Crippen LogP contribution in [-0.2, 0) is 4.79 Å². The zero-order valence-corrected chi connectivity index (χ0v) is 14.6. The molecule has 0 saturated carbocycles. The molecule has 0 aliphatic carbocycles. The largest absolute Gasteiger partial charge is 0.484 e. The molecule has 0 fully saturated rings. The molecular formula is C20H25NO2. The molecule has 0 saturated heterocycles. The number of anilines is 1. The average molecular weight is 311 g/mol. The highest BCUT2D eigenvalue weighted by atomic mass is 16.5. The normalized spacial score (nSPS) is 10.7. The van der Waals surface area contributed by atoms with E-state index in [9.17, 15) is 4.79 Å². The quantitative estimate of drug-likeness (QED) is 0.865.